The van der Waals surface area contributed by atoms with Crippen molar-refractivity contribution in [1.82, 2.24) is 0 Å². The van der Waals surface area contributed by atoms with E-state index in [1.165, 1.54) is 0 Å². The molecule has 0 atom stereocenters. The second-order valence-electron chi connectivity index (χ2n) is 5.88. The number of urea groups is 1. The Hall–Kier alpha value is -5.89. The third kappa shape index (κ3) is 4.27. The third-order valence-electron chi connectivity index (χ3n) is 3.98. The lowest BCUT2D eigenvalue weighted by molar-refractivity contribution is -0.402. The van der Waals surface area contributed by atoms with Crippen LogP contribution in [0.5, 0.6) is 0 Å². The average Bonchev–Trinajstić information content (AvgIpc) is 2.72. The summed E-state index contributed by atoms with van der Waals surface area (Å²) < 4.78 is 0. The first-order valence-electron chi connectivity index (χ1n) is 8.01. The fourth-order valence-electron chi connectivity index (χ4n) is 2.74. The van der Waals surface area contributed by atoms with Crippen LogP contribution < -0.4 is 10.6 Å². The van der Waals surface area contributed by atoms with E-state index in [4.69, 9.17) is 5.73 Å². The number of hydrogen-bond donors (Lipinski definition) is 1. The van der Waals surface area contributed by atoms with Gasteiger partial charge in [-0.1, -0.05) is 0 Å². The number of non-ortho nitro benzene ring substituents is 2. The van der Waals surface area contributed by atoms with Crippen molar-refractivity contribution in [3.63, 3.8) is 0 Å². The molecule has 0 fully saturated rings. The van der Waals surface area contributed by atoms with Crippen molar-refractivity contribution in [2.45, 2.75) is 0 Å². The number of nitrogens with zero attached hydrogens (tertiary/aromatic N) is 7. The molecule has 0 aliphatic heterocycles. The average molecular weight is 482 g/mol. The van der Waals surface area contributed by atoms with Crippen LogP contribution in [0.2, 0.25) is 0 Å². The van der Waals surface area contributed by atoms with Crippen molar-refractivity contribution in [1.29, 1.82) is 0 Å². The first-order chi connectivity index (χ1) is 15.7. The van der Waals surface area contributed by atoms with Crippen molar-refractivity contribution < 1.29 is 34.3 Å². The predicted octanol–water partition coefficient (Wildman–Crippen LogP) is 2.35. The molecule has 0 radical (unpaired) electrons. The van der Waals surface area contributed by atoms with Crippen LogP contribution in [0.3, 0.4) is 0 Å². The molecule has 2 N–H and O–H groups in total. The largest absolute Gasteiger partial charge is 0.351 e. The van der Waals surface area contributed by atoms with Crippen molar-refractivity contribution in [3.05, 3.63) is 85.0 Å². The van der Waals surface area contributed by atoms with Crippen LogP contribution in [0.25, 0.3) is 0 Å². The molecule has 0 saturated carbocycles. The minimum Gasteiger partial charge on any atom is -0.351 e. The highest BCUT2D eigenvalue weighted by atomic mass is 16.6. The summed E-state index contributed by atoms with van der Waals surface area (Å²) in [7, 11) is 0. The molecule has 2 amide bonds. The molecule has 21 nitrogen and oxygen atoms in total. The number of carbonyl (C=O) groups is 1. The Morgan fingerprint density at radius 1 is 0.559 bits per heavy atom. The zero-order chi connectivity index (χ0) is 26.1. The van der Waals surface area contributed by atoms with E-state index in [9.17, 15) is 65.5 Å². The Bertz CT molecular complexity index is 1160. The summed E-state index contributed by atoms with van der Waals surface area (Å²) in [5.41, 5.74) is -6.55. The van der Waals surface area contributed by atoms with Gasteiger partial charge in [-0.3, -0.25) is 60.7 Å². The number of primary amides is 1. The molecule has 0 unspecified atom stereocenters. The van der Waals surface area contributed by atoms with E-state index in [2.05, 4.69) is 0 Å². The van der Waals surface area contributed by atoms with Gasteiger partial charge in [-0.2, -0.15) is 0 Å². The summed E-state index contributed by atoms with van der Waals surface area (Å²) in [6.45, 7) is 0. The Morgan fingerprint density at radius 2 is 0.794 bits per heavy atom. The molecule has 176 valence electrons. The number of anilines is 2. The van der Waals surface area contributed by atoms with Crippen molar-refractivity contribution in [2.75, 3.05) is 4.90 Å². The number of nitro groups is 6. The van der Waals surface area contributed by atoms with Gasteiger partial charge < -0.3 is 5.73 Å². The van der Waals surface area contributed by atoms with E-state index in [0.717, 1.165) is 0 Å². The van der Waals surface area contributed by atoms with Gasteiger partial charge in [0.15, 0.2) is 0 Å². The van der Waals surface area contributed by atoms with E-state index in [-0.39, 0.29) is 29.2 Å². The molecule has 0 bridgehead atoms. The number of rotatable bonds is 8. The highest BCUT2D eigenvalue weighted by Gasteiger charge is 2.44. The molecule has 2 aromatic carbocycles. The van der Waals surface area contributed by atoms with Gasteiger partial charge in [0, 0.05) is 0 Å². The van der Waals surface area contributed by atoms with Gasteiger partial charge in [0.1, 0.15) is 0 Å². The van der Waals surface area contributed by atoms with Gasteiger partial charge in [-0.15, -0.1) is 0 Å². The number of amides is 2. The fourth-order valence-corrected chi connectivity index (χ4v) is 2.74. The number of hydrogen-bond acceptors (Lipinski definition) is 13. The molecule has 0 aliphatic rings. The SMILES string of the molecule is NC(=O)N(c1c([N+](=O)[O-])cc([N+](=O)[O-])cc1[N+](=O)[O-])c1c([N+](=O)[O-])cc([N+](=O)[O-])cc1[N+](=O)[O-]. The molecule has 0 aromatic heterocycles. The lowest BCUT2D eigenvalue weighted by atomic mass is 10.1. The third-order valence-corrected chi connectivity index (χ3v) is 3.98. The van der Waals surface area contributed by atoms with Gasteiger partial charge in [-0.05, 0) is 0 Å². The monoisotopic (exact) mass is 482 g/mol. The van der Waals surface area contributed by atoms with E-state index in [1.807, 2.05) is 0 Å². The summed E-state index contributed by atoms with van der Waals surface area (Å²) in [5, 5.41) is 68.2. The van der Waals surface area contributed by atoms with Crippen LogP contribution in [0.1, 0.15) is 0 Å². The van der Waals surface area contributed by atoms with Crippen LogP contribution in [-0.4, -0.2) is 35.6 Å². The predicted molar refractivity (Wildman–Crippen MR) is 105 cm³/mol. The van der Waals surface area contributed by atoms with Crippen molar-refractivity contribution in [3.8, 4) is 0 Å². The van der Waals surface area contributed by atoms with Crippen molar-refractivity contribution >= 4 is 51.5 Å². The maximum atomic E-state index is 12.2. The standard InChI is InChI=1S/C13H6N8O13/c14-13(22)15(11-7(18(27)28)1-5(16(23)24)2-8(11)19(29)30)12-9(20(31)32)3-6(17(25)26)4-10(12)21(33)34/h1-4H,(H2,14,22). The molecular weight excluding hydrogens is 476 g/mol. The fraction of sp³-hybridized carbons (Fsp3) is 0. The summed E-state index contributed by atoms with van der Waals surface area (Å²) in [5.74, 6) is 0. The molecule has 2 rings (SSSR count). The van der Waals surface area contributed by atoms with Crippen LogP contribution in [0, 0.1) is 60.7 Å². The highest BCUT2D eigenvalue weighted by molar-refractivity contribution is 6.07. The van der Waals surface area contributed by atoms with E-state index in [0.29, 0.717) is 0 Å². The first-order valence-corrected chi connectivity index (χ1v) is 8.01. The Kier molecular flexibility index (Phi) is 6.23. The molecule has 0 heterocycles. The Labute approximate surface area is 182 Å². The number of nitro benzene ring substituents is 6. The normalized spacial score (nSPS) is 10.2. The second-order valence-corrected chi connectivity index (χ2v) is 5.88. The minimum absolute atomic E-state index is 0.140. The first kappa shape index (κ1) is 24.4. The van der Waals surface area contributed by atoms with E-state index in [1.54, 1.807) is 0 Å². The topological polar surface area (TPSA) is 305 Å². The summed E-state index contributed by atoms with van der Waals surface area (Å²) in [6, 6.07) is -1.41. The molecule has 34 heavy (non-hydrogen) atoms. The number of carbonyl (C=O) groups excluding carboxylic acids is 1. The molecule has 0 saturated heterocycles. The Balaban J connectivity index is 3.20. The molecular formula is C13H6N8O13. The van der Waals surface area contributed by atoms with Gasteiger partial charge >= 0.3 is 28.8 Å². The van der Waals surface area contributed by atoms with E-state index < -0.39 is 81.1 Å². The Morgan fingerprint density at radius 3 is 0.941 bits per heavy atom. The summed E-state index contributed by atoms with van der Waals surface area (Å²) in [4.78, 5) is 71.7. The maximum absolute atomic E-state index is 12.2. The van der Waals surface area contributed by atoms with Crippen LogP contribution >= 0.6 is 0 Å². The van der Waals surface area contributed by atoms with Crippen LogP contribution in [0.15, 0.2) is 24.3 Å². The minimum atomic E-state index is -1.97. The molecule has 0 aliphatic carbocycles. The lowest BCUT2D eigenvalue weighted by Gasteiger charge is -2.19. The lowest BCUT2D eigenvalue weighted by Crippen LogP contribution is -2.33. The van der Waals surface area contributed by atoms with Gasteiger partial charge in [0.25, 0.3) is 11.4 Å². The van der Waals surface area contributed by atoms with Gasteiger partial charge in [0.05, 0.1) is 53.8 Å². The number of nitrogens with two attached hydrogens (primary N) is 1. The molecule has 0 spiro atoms. The van der Waals surface area contributed by atoms with Gasteiger partial charge in [0.2, 0.25) is 11.4 Å². The number of benzene rings is 2. The van der Waals surface area contributed by atoms with E-state index >= 15 is 0 Å². The quantitative estimate of drug-likeness (QED) is 0.417. The molecule has 21 heteroatoms. The zero-order valence-electron chi connectivity index (χ0n) is 15.8. The molecule has 2 aromatic rings. The maximum Gasteiger partial charge on any atom is 0.324 e. The zero-order valence-corrected chi connectivity index (χ0v) is 15.8. The summed E-state index contributed by atoms with van der Waals surface area (Å²) in [6.07, 6.45) is 0. The summed E-state index contributed by atoms with van der Waals surface area (Å²) >= 11 is 0. The van der Waals surface area contributed by atoms with Crippen LogP contribution in [0.4, 0.5) is 50.3 Å². The smallest absolute Gasteiger partial charge is 0.324 e. The van der Waals surface area contributed by atoms with Gasteiger partial charge in [-0.25, -0.2) is 9.69 Å². The second kappa shape index (κ2) is 8.69. The highest BCUT2D eigenvalue weighted by Crippen LogP contribution is 2.49. The van der Waals surface area contributed by atoms with Crippen molar-refractivity contribution in [2.24, 2.45) is 5.73 Å². The van der Waals surface area contributed by atoms with Crippen LogP contribution in [-0.2, 0) is 0 Å².